The number of hydrogen-bond acceptors (Lipinski definition) is 4. The molecule has 0 aliphatic carbocycles. The number of carbonyl (C=O) groups excluding carboxylic acids is 2. The molecule has 1 aliphatic rings. The first-order valence-corrected chi connectivity index (χ1v) is 7.05. The molecular formula is C13H25N3O3. The van der Waals surface area contributed by atoms with Gasteiger partial charge in [0.05, 0.1) is 6.04 Å². The van der Waals surface area contributed by atoms with Gasteiger partial charge in [0.15, 0.2) is 0 Å². The van der Waals surface area contributed by atoms with Gasteiger partial charge in [-0.05, 0) is 39.7 Å². The molecular weight excluding hydrogens is 246 g/mol. The van der Waals surface area contributed by atoms with Crippen molar-refractivity contribution in [3.05, 3.63) is 0 Å². The third-order valence-electron chi connectivity index (χ3n) is 3.59. The number of aliphatic hydroxyl groups excluding tert-OH is 1. The van der Waals surface area contributed by atoms with Crippen molar-refractivity contribution >= 4 is 11.9 Å². The normalized spacial score (nSPS) is 21.7. The van der Waals surface area contributed by atoms with Gasteiger partial charge in [0, 0.05) is 19.2 Å². The average Bonchev–Trinajstić information content (AvgIpc) is 2.39. The second-order valence-electron chi connectivity index (χ2n) is 4.92. The number of nitrogens with one attached hydrogen (secondary N) is 2. The van der Waals surface area contributed by atoms with Crippen LogP contribution >= 0.6 is 0 Å². The maximum Gasteiger partial charge on any atom is 0.321 e. The van der Waals surface area contributed by atoms with E-state index < -0.39 is 6.03 Å². The van der Waals surface area contributed by atoms with Crippen LogP contribution in [0.2, 0.25) is 0 Å². The summed E-state index contributed by atoms with van der Waals surface area (Å²) in [5, 5.41) is 14.0. The molecule has 2 unspecified atom stereocenters. The van der Waals surface area contributed by atoms with Gasteiger partial charge in [0.2, 0.25) is 5.91 Å². The Morgan fingerprint density at radius 2 is 2.16 bits per heavy atom. The highest BCUT2D eigenvalue weighted by Crippen LogP contribution is 2.21. The molecule has 0 aromatic carbocycles. The zero-order valence-electron chi connectivity index (χ0n) is 11.8. The number of aliphatic hydroxyl groups is 1. The van der Waals surface area contributed by atoms with Crippen LogP contribution in [0.1, 0.15) is 39.5 Å². The predicted octanol–water partition coefficient (Wildman–Crippen LogP) is 0.458. The zero-order valence-corrected chi connectivity index (χ0v) is 11.8. The molecule has 3 N–H and O–H groups in total. The van der Waals surface area contributed by atoms with Crippen LogP contribution in [0.3, 0.4) is 0 Å². The molecule has 0 saturated carbocycles. The van der Waals surface area contributed by atoms with Gasteiger partial charge in [-0.15, -0.1) is 0 Å². The summed E-state index contributed by atoms with van der Waals surface area (Å²) in [5.74, 6) is -0.282. The number of piperidine rings is 1. The number of rotatable bonds is 5. The quantitative estimate of drug-likeness (QED) is 0.678. The van der Waals surface area contributed by atoms with E-state index >= 15 is 0 Å². The summed E-state index contributed by atoms with van der Waals surface area (Å²) in [6.45, 7) is 5.07. The number of carbonyl (C=O) groups is 2. The van der Waals surface area contributed by atoms with Crippen molar-refractivity contribution in [2.45, 2.75) is 51.6 Å². The summed E-state index contributed by atoms with van der Waals surface area (Å²) in [7, 11) is 0. The van der Waals surface area contributed by atoms with E-state index in [4.69, 9.17) is 5.11 Å². The number of urea groups is 1. The first kappa shape index (κ1) is 15.9. The Kier molecular flexibility index (Phi) is 6.80. The first-order valence-electron chi connectivity index (χ1n) is 7.05. The van der Waals surface area contributed by atoms with Gasteiger partial charge in [0.25, 0.3) is 0 Å². The summed E-state index contributed by atoms with van der Waals surface area (Å²) in [6.07, 6.45) is 3.87. The van der Waals surface area contributed by atoms with Crippen LogP contribution in [0.5, 0.6) is 0 Å². The maximum atomic E-state index is 12.0. The lowest BCUT2D eigenvalue weighted by atomic mass is 9.97. The lowest BCUT2D eigenvalue weighted by molar-refractivity contribution is -0.126. The second kappa shape index (κ2) is 8.12. The fourth-order valence-electron chi connectivity index (χ4n) is 2.56. The molecule has 6 nitrogen and oxygen atoms in total. The molecule has 2 atom stereocenters. The molecule has 1 rings (SSSR count). The number of nitrogens with zero attached hydrogens (tertiary/aromatic N) is 1. The Hall–Kier alpha value is -1.14. The van der Waals surface area contributed by atoms with E-state index in [2.05, 4.69) is 15.5 Å². The van der Waals surface area contributed by atoms with Gasteiger partial charge in [0.1, 0.15) is 0 Å². The number of hydrogen-bond donors (Lipinski definition) is 3. The molecule has 3 amide bonds. The van der Waals surface area contributed by atoms with Crippen LogP contribution in [0.4, 0.5) is 4.79 Å². The minimum Gasteiger partial charge on any atom is -0.396 e. The highest BCUT2D eigenvalue weighted by molar-refractivity contribution is 5.96. The standard InChI is InChI=1S/C13H25N3O3/c1-3-14-13(19)15-12(18)10(2)16-8-5-4-6-11(16)7-9-17/h10-11,17H,3-9H2,1-2H3,(H2,14,15,18,19). The van der Waals surface area contributed by atoms with Crippen LogP contribution in [0, 0.1) is 0 Å². The summed E-state index contributed by atoms with van der Waals surface area (Å²) in [4.78, 5) is 25.4. The lowest BCUT2D eigenvalue weighted by Crippen LogP contribution is -2.54. The van der Waals surface area contributed by atoms with Gasteiger partial charge in [-0.3, -0.25) is 15.0 Å². The number of likely N-dealkylation sites (tertiary alicyclic amines) is 1. The van der Waals surface area contributed by atoms with Gasteiger partial charge >= 0.3 is 6.03 Å². The molecule has 0 bridgehead atoms. The Morgan fingerprint density at radius 3 is 2.79 bits per heavy atom. The van der Waals surface area contributed by atoms with E-state index in [0.717, 1.165) is 25.8 Å². The molecule has 0 aromatic heterocycles. The highest BCUT2D eigenvalue weighted by Gasteiger charge is 2.30. The Labute approximate surface area is 114 Å². The molecule has 0 aromatic rings. The highest BCUT2D eigenvalue weighted by atomic mass is 16.3. The Balaban J connectivity index is 2.55. The molecule has 1 saturated heterocycles. The van der Waals surface area contributed by atoms with Crippen LogP contribution in [-0.2, 0) is 4.79 Å². The minimum absolute atomic E-state index is 0.131. The molecule has 19 heavy (non-hydrogen) atoms. The Bertz CT molecular complexity index is 308. The molecule has 0 radical (unpaired) electrons. The van der Waals surface area contributed by atoms with E-state index in [1.165, 1.54) is 0 Å². The Morgan fingerprint density at radius 1 is 1.42 bits per heavy atom. The summed E-state index contributed by atoms with van der Waals surface area (Å²) >= 11 is 0. The third kappa shape index (κ3) is 4.80. The molecule has 1 aliphatic heterocycles. The second-order valence-corrected chi connectivity index (χ2v) is 4.92. The van der Waals surface area contributed by atoms with Gasteiger partial charge in [-0.2, -0.15) is 0 Å². The molecule has 1 fully saturated rings. The maximum absolute atomic E-state index is 12.0. The van der Waals surface area contributed by atoms with Gasteiger partial charge in [-0.1, -0.05) is 6.42 Å². The lowest BCUT2D eigenvalue weighted by Gasteiger charge is -2.38. The van der Waals surface area contributed by atoms with Crippen molar-refractivity contribution in [1.29, 1.82) is 0 Å². The number of imide groups is 1. The summed E-state index contributed by atoms with van der Waals surface area (Å²) in [6, 6.07) is -0.566. The van der Waals surface area contributed by atoms with Crippen molar-refractivity contribution in [1.82, 2.24) is 15.5 Å². The molecule has 1 heterocycles. The first-order chi connectivity index (χ1) is 9.10. The fraction of sp³-hybridized carbons (Fsp3) is 0.846. The van der Waals surface area contributed by atoms with E-state index in [9.17, 15) is 9.59 Å². The number of amides is 3. The average molecular weight is 271 g/mol. The van der Waals surface area contributed by atoms with Crippen molar-refractivity contribution in [2.75, 3.05) is 19.7 Å². The SMILES string of the molecule is CCNC(=O)NC(=O)C(C)N1CCCCC1CCO. The van der Waals surface area contributed by atoms with E-state index in [1.807, 2.05) is 6.92 Å². The molecule has 6 heteroatoms. The van der Waals surface area contributed by atoms with Crippen LogP contribution in [0.15, 0.2) is 0 Å². The van der Waals surface area contributed by atoms with Crippen LogP contribution < -0.4 is 10.6 Å². The minimum atomic E-state index is -0.449. The van der Waals surface area contributed by atoms with E-state index in [-0.39, 0.29) is 24.6 Å². The van der Waals surface area contributed by atoms with Crippen molar-refractivity contribution < 1.29 is 14.7 Å². The summed E-state index contributed by atoms with van der Waals surface area (Å²) in [5.41, 5.74) is 0. The third-order valence-corrected chi connectivity index (χ3v) is 3.59. The van der Waals surface area contributed by atoms with Crippen molar-refractivity contribution in [3.63, 3.8) is 0 Å². The van der Waals surface area contributed by atoms with E-state index in [1.54, 1.807) is 6.92 Å². The monoisotopic (exact) mass is 271 g/mol. The van der Waals surface area contributed by atoms with Crippen molar-refractivity contribution in [3.8, 4) is 0 Å². The largest absolute Gasteiger partial charge is 0.396 e. The van der Waals surface area contributed by atoms with Gasteiger partial charge < -0.3 is 10.4 Å². The summed E-state index contributed by atoms with van der Waals surface area (Å²) < 4.78 is 0. The zero-order chi connectivity index (χ0) is 14.3. The smallest absolute Gasteiger partial charge is 0.321 e. The molecule has 0 spiro atoms. The fourth-order valence-corrected chi connectivity index (χ4v) is 2.56. The topological polar surface area (TPSA) is 81.7 Å². The predicted molar refractivity (Wildman–Crippen MR) is 72.7 cm³/mol. The molecule has 110 valence electrons. The van der Waals surface area contributed by atoms with Crippen LogP contribution in [-0.4, -0.2) is 53.7 Å². The van der Waals surface area contributed by atoms with Crippen molar-refractivity contribution in [2.24, 2.45) is 0 Å². The van der Waals surface area contributed by atoms with Gasteiger partial charge in [-0.25, -0.2) is 4.79 Å². The van der Waals surface area contributed by atoms with E-state index in [0.29, 0.717) is 13.0 Å². The van der Waals surface area contributed by atoms with Crippen LogP contribution in [0.25, 0.3) is 0 Å².